The van der Waals surface area contributed by atoms with Gasteiger partial charge in [0.25, 0.3) is 5.91 Å². The molecule has 0 spiro atoms. The number of anilines is 1. The van der Waals surface area contributed by atoms with Crippen molar-refractivity contribution in [2.45, 2.75) is 27.2 Å². The number of nitrogens with zero attached hydrogens (tertiary/aromatic N) is 2. The number of carbonyl (C=O) groups is 1. The number of rotatable bonds is 2. The van der Waals surface area contributed by atoms with E-state index in [4.69, 9.17) is 5.73 Å². The van der Waals surface area contributed by atoms with Gasteiger partial charge in [-0.2, -0.15) is 0 Å². The van der Waals surface area contributed by atoms with Crippen LogP contribution in [0.2, 0.25) is 0 Å². The standard InChI is InChI=1S/C16H21N3OS/c1-9(2)11-5-7-19(8-11)16(20)14-13(17)12-10(3)4-6-18-15(12)21-14/h4,6,9,11H,5,7-8,17H2,1-3H3. The summed E-state index contributed by atoms with van der Waals surface area (Å²) in [6, 6.07) is 1.93. The molecule has 21 heavy (non-hydrogen) atoms. The van der Waals surface area contributed by atoms with E-state index in [0.29, 0.717) is 22.4 Å². The van der Waals surface area contributed by atoms with Gasteiger partial charge in [0, 0.05) is 24.7 Å². The van der Waals surface area contributed by atoms with Crippen LogP contribution in [0.15, 0.2) is 12.3 Å². The van der Waals surface area contributed by atoms with Gasteiger partial charge in [-0.3, -0.25) is 4.79 Å². The summed E-state index contributed by atoms with van der Waals surface area (Å²) in [6.07, 6.45) is 2.86. The fourth-order valence-corrected chi connectivity index (χ4v) is 4.13. The molecule has 1 aliphatic rings. The zero-order valence-electron chi connectivity index (χ0n) is 12.7. The van der Waals surface area contributed by atoms with E-state index in [2.05, 4.69) is 18.8 Å². The topological polar surface area (TPSA) is 59.2 Å². The van der Waals surface area contributed by atoms with Gasteiger partial charge < -0.3 is 10.6 Å². The van der Waals surface area contributed by atoms with Crippen LogP contribution in [-0.2, 0) is 0 Å². The molecule has 0 aliphatic carbocycles. The SMILES string of the molecule is Cc1ccnc2sc(C(=O)N3CCC(C(C)C)C3)c(N)c12. The number of hydrogen-bond acceptors (Lipinski definition) is 4. The molecular weight excluding hydrogens is 282 g/mol. The summed E-state index contributed by atoms with van der Waals surface area (Å²) in [7, 11) is 0. The van der Waals surface area contributed by atoms with Crippen LogP contribution >= 0.6 is 11.3 Å². The normalized spacial score (nSPS) is 18.9. The Morgan fingerprint density at radius 3 is 2.90 bits per heavy atom. The van der Waals surface area contributed by atoms with E-state index < -0.39 is 0 Å². The second-order valence-electron chi connectivity index (χ2n) is 6.20. The van der Waals surface area contributed by atoms with Crippen LogP contribution in [0.5, 0.6) is 0 Å². The summed E-state index contributed by atoms with van der Waals surface area (Å²) in [5, 5.41) is 0.936. The Morgan fingerprint density at radius 2 is 2.29 bits per heavy atom. The van der Waals surface area contributed by atoms with Gasteiger partial charge in [0.15, 0.2) is 0 Å². The summed E-state index contributed by atoms with van der Waals surface area (Å²) in [4.78, 5) is 20.5. The van der Waals surface area contributed by atoms with Crippen molar-refractivity contribution < 1.29 is 4.79 Å². The smallest absolute Gasteiger partial charge is 0.266 e. The van der Waals surface area contributed by atoms with Gasteiger partial charge in [-0.25, -0.2) is 4.98 Å². The summed E-state index contributed by atoms with van der Waals surface area (Å²) >= 11 is 1.42. The lowest BCUT2D eigenvalue weighted by molar-refractivity contribution is 0.0790. The number of amides is 1. The van der Waals surface area contributed by atoms with Gasteiger partial charge in [-0.05, 0) is 36.8 Å². The zero-order valence-corrected chi connectivity index (χ0v) is 13.5. The van der Waals surface area contributed by atoms with Crippen molar-refractivity contribution in [1.29, 1.82) is 0 Å². The molecule has 1 fully saturated rings. The van der Waals surface area contributed by atoms with Crippen molar-refractivity contribution in [2.24, 2.45) is 11.8 Å². The number of nitrogens with two attached hydrogens (primary N) is 1. The third-order valence-electron chi connectivity index (χ3n) is 4.49. The number of hydrogen-bond donors (Lipinski definition) is 1. The molecule has 0 saturated carbocycles. The predicted molar refractivity (Wildman–Crippen MR) is 87.6 cm³/mol. The highest BCUT2D eigenvalue weighted by atomic mass is 32.1. The highest BCUT2D eigenvalue weighted by molar-refractivity contribution is 7.21. The number of likely N-dealkylation sites (tertiary alicyclic amines) is 1. The maximum atomic E-state index is 12.7. The molecule has 0 bridgehead atoms. The van der Waals surface area contributed by atoms with Crippen LogP contribution in [0, 0.1) is 18.8 Å². The van der Waals surface area contributed by atoms with E-state index in [1.165, 1.54) is 11.3 Å². The van der Waals surface area contributed by atoms with Gasteiger partial charge in [-0.15, -0.1) is 11.3 Å². The van der Waals surface area contributed by atoms with E-state index in [9.17, 15) is 4.79 Å². The molecule has 3 heterocycles. The summed E-state index contributed by atoms with van der Waals surface area (Å²) < 4.78 is 0. The minimum absolute atomic E-state index is 0.0676. The average molecular weight is 303 g/mol. The minimum atomic E-state index is 0.0676. The fraction of sp³-hybridized carbons (Fsp3) is 0.500. The third-order valence-corrected chi connectivity index (χ3v) is 5.59. The number of nitrogen functional groups attached to an aromatic ring is 1. The number of pyridine rings is 1. The van der Waals surface area contributed by atoms with Gasteiger partial charge in [0.2, 0.25) is 0 Å². The van der Waals surface area contributed by atoms with Gasteiger partial charge in [0.1, 0.15) is 9.71 Å². The molecule has 2 aromatic heterocycles. The van der Waals surface area contributed by atoms with Gasteiger partial charge in [0.05, 0.1) is 5.69 Å². The minimum Gasteiger partial charge on any atom is -0.397 e. The Labute approximate surface area is 129 Å². The second-order valence-corrected chi connectivity index (χ2v) is 7.20. The molecule has 2 N–H and O–H groups in total. The van der Waals surface area contributed by atoms with Crippen LogP contribution in [0.3, 0.4) is 0 Å². The first-order valence-corrected chi connectivity index (χ1v) is 8.23. The molecule has 1 amide bonds. The highest BCUT2D eigenvalue weighted by Gasteiger charge is 2.31. The molecule has 1 saturated heterocycles. The Morgan fingerprint density at radius 1 is 1.52 bits per heavy atom. The van der Waals surface area contributed by atoms with Crippen LogP contribution in [0.1, 0.15) is 35.5 Å². The van der Waals surface area contributed by atoms with E-state index in [0.717, 1.165) is 35.3 Å². The van der Waals surface area contributed by atoms with Crippen molar-refractivity contribution >= 4 is 33.1 Å². The monoisotopic (exact) mass is 303 g/mol. The maximum Gasteiger partial charge on any atom is 0.266 e. The second kappa shape index (κ2) is 5.30. The Kier molecular flexibility index (Phi) is 3.61. The molecule has 0 aromatic carbocycles. The lowest BCUT2D eigenvalue weighted by Crippen LogP contribution is -2.29. The van der Waals surface area contributed by atoms with Crippen LogP contribution in [0.25, 0.3) is 10.2 Å². The largest absolute Gasteiger partial charge is 0.397 e. The quantitative estimate of drug-likeness (QED) is 0.926. The van der Waals surface area contributed by atoms with Gasteiger partial charge >= 0.3 is 0 Å². The first-order valence-electron chi connectivity index (χ1n) is 7.42. The first kappa shape index (κ1) is 14.3. The highest BCUT2D eigenvalue weighted by Crippen LogP contribution is 2.36. The fourth-order valence-electron chi connectivity index (χ4n) is 3.02. The number of carbonyl (C=O) groups excluding carboxylic acids is 1. The van der Waals surface area contributed by atoms with E-state index in [1.807, 2.05) is 17.9 Å². The molecule has 5 heteroatoms. The predicted octanol–water partition coefficient (Wildman–Crippen LogP) is 3.31. The number of fused-ring (bicyclic) bond motifs is 1. The van der Waals surface area contributed by atoms with Crippen molar-refractivity contribution in [3.63, 3.8) is 0 Å². The Balaban J connectivity index is 1.93. The van der Waals surface area contributed by atoms with E-state index in [-0.39, 0.29) is 5.91 Å². The molecule has 4 nitrogen and oxygen atoms in total. The molecular formula is C16H21N3OS. The Bertz CT molecular complexity index is 692. The molecule has 0 radical (unpaired) electrons. The van der Waals surface area contributed by atoms with E-state index in [1.54, 1.807) is 6.20 Å². The molecule has 2 aromatic rings. The van der Waals surface area contributed by atoms with Crippen LogP contribution < -0.4 is 5.73 Å². The first-order chi connectivity index (χ1) is 9.99. The molecule has 1 unspecified atom stereocenters. The summed E-state index contributed by atoms with van der Waals surface area (Å²) in [5.74, 6) is 1.29. The van der Waals surface area contributed by atoms with Crippen molar-refractivity contribution in [2.75, 3.05) is 18.8 Å². The number of aromatic nitrogens is 1. The van der Waals surface area contributed by atoms with Crippen LogP contribution in [0.4, 0.5) is 5.69 Å². The van der Waals surface area contributed by atoms with Gasteiger partial charge in [-0.1, -0.05) is 13.8 Å². The maximum absolute atomic E-state index is 12.7. The van der Waals surface area contributed by atoms with Crippen molar-refractivity contribution in [1.82, 2.24) is 9.88 Å². The molecule has 3 rings (SSSR count). The summed E-state index contributed by atoms with van der Waals surface area (Å²) in [6.45, 7) is 8.13. The van der Waals surface area contributed by atoms with E-state index >= 15 is 0 Å². The van der Waals surface area contributed by atoms with Crippen molar-refractivity contribution in [3.8, 4) is 0 Å². The van der Waals surface area contributed by atoms with Crippen LogP contribution in [-0.4, -0.2) is 28.9 Å². The number of thiophene rings is 1. The lowest BCUT2D eigenvalue weighted by atomic mass is 9.95. The average Bonchev–Trinajstić information content (AvgIpc) is 3.04. The molecule has 1 aliphatic heterocycles. The molecule has 1 atom stereocenters. The molecule has 112 valence electrons. The zero-order chi connectivity index (χ0) is 15.1. The Hall–Kier alpha value is -1.62. The number of aryl methyl sites for hydroxylation is 1. The third kappa shape index (κ3) is 2.39. The lowest BCUT2D eigenvalue weighted by Gasteiger charge is -2.17. The van der Waals surface area contributed by atoms with Crippen molar-refractivity contribution in [3.05, 3.63) is 22.7 Å². The summed E-state index contributed by atoms with van der Waals surface area (Å²) in [5.41, 5.74) is 7.90.